The Labute approximate surface area is 90.9 Å². The Bertz CT molecular complexity index is 193. The SMILES string of the molecule is CC(C)CNC(=O)C(C)NC/C=C/Cl. The topological polar surface area (TPSA) is 41.1 Å². The molecule has 0 aliphatic rings. The maximum absolute atomic E-state index is 11.4. The molecule has 1 unspecified atom stereocenters. The third-order valence-electron chi connectivity index (χ3n) is 1.71. The van der Waals surface area contributed by atoms with Gasteiger partial charge in [-0.3, -0.25) is 4.79 Å². The molecule has 0 radical (unpaired) electrons. The van der Waals surface area contributed by atoms with E-state index in [9.17, 15) is 4.79 Å². The fourth-order valence-electron chi connectivity index (χ4n) is 0.840. The molecule has 0 aromatic carbocycles. The molecule has 0 rings (SSSR count). The predicted molar refractivity (Wildman–Crippen MR) is 60.3 cm³/mol. The normalized spacial score (nSPS) is 13.5. The van der Waals surface area contributed by atoms with E-state index in [2.05, 4.69) is 24.5 Å². The van der Waals surface area contributed by atoms with Crippen molar-refractivity contribution in [1.29, 1.82) is 0 Å². The Kier molecular flexibility index (Phi) is 7.52. The monoisotopic (exact) mass is 218 g/mol. The standard InChI is InChI=1S/C10H19ClN2O/c1-8(2)7-13-10(14)9(3)12-6-4-5-11/h4-5,8-9,12H,6-7H2,1-3H3,(H,13,14)/b5-4+. The zero-order chi connectivity index (χ0) is 11.0. The second kappa shape index (κ2) is 7.83. The van der Waals surface area contributed by atoms with Gasteiger partial charge in [-0.05, 0) is 12.8 Å². The van der Waals surface area contributed by atoms with Crippen molar-refractivity contribution in [2.24, 2.45) is 5.92 Å². The van der Waals surface area contributed by atoms with E-state index in [0.29, 0.717) is 12.5 Å². The molecule has 14 heavy (non-hydrogen) atoms. The maximum Gasteiger partial charge on any atom is 0.236 e. The van der Waals surface area contributed by atoms with E-state index >= 15 is 0 Å². The summed E-state index contributed by atoms with van der Waals surface area (Å²) in [6.45, 7) is 7.29. The molecular formula is C10H19ClN2O. The molecule has 0 aliphatic heterocycles. The summed E-state index contributed by atoms with van der Waals surface area (Å²) in [6.07, 6.45) is 1.76. The maximum atomic E-state index is 11.4. The molecule has 1 atom stereocenters. The van der Waals surface area contributed by atoms with Crippen molar-refractivity contribution in [3.8, 4) is 0 Å². The zero-order valence-corrected chi connectivity index (χ0v) is 9.77. The number of nitrogens with one attached hydrogen (secondary N) is 2. The lowest BCUT2D eigenvalue weighted by molar-refractivity contribution is -0.122. The van der Waals surface area contributed by atoms with Crippen molar-refractivity contribution in [3.63, 3.8) is 0 Å². The predicted octanol–water partition coefficient (Wildman–Crippen LogP) is 1.49. The number of hydrogen-bond donors (Lipinski definition) is 2. The highest BCUT2D eigenvalue weighted by molar-refractivity contribution is 6.25. The van der Waals surface area contributed by atoms with E-state index < -0.39 is 0 Å². The number of carbonyl (C=O) groups excluding carboxylic acids is 1. The molecule has 0 aliphatic carbocycles. The summed E-state index contributed by atoms with van der Waals surface area (Å²) in [4.78, 5) is 11.4. The first-order chi connectivity index (χ1) is 6.57. The van der Waals surface area contributed by atoms with Crippen LogP contribution in [0.2, 0.25) is 0 Å². The van der Waals surface area contributed by atoms with E-state index in [1.807, 2.05) is 6.92 Å². The average Bonchev–Trinajstić information content (AvgIpc) is 2.14. The fraction of sp³-hybridized carbons (Fsp3) is 0.700. The van der Waals surface area contributed by atoms with Crippen LogP contribution in [0.1, 0.15) is 20.8 Å². The number of hydrogen-bond acceptors (Lipinski definition) is 2. The van der Waals surface area contributed by atoms with Crippen molar-refractivity contribution < 1.29 is 4.79 Å². The number of carbonyl (C=O) groups is 1. The summed E-state index contributed by atoms with van der Waals surface area (Å²) in [6, 6.07) is -0.179. The van der Waals surface area contributed by atoms with Crippen LogP contribution in [0.25, 0.3) is 0 Å². The summed E-state index contributed by atoms with van der Waals surface area (Å²) >= 11 is 5.35. The highest BCUT2D eigenvalue weighted by atomic mass is 35.5. The average molecular weight is 219 g/mol. The van der Waals surface area contributed by atoms with Crippen LogP contribution in [0.3, 0.4) is 0 Å². The smallest absolute Gasteiger partial charge is 0.236 e. The van der Waals surface area contributed by atoms with Crippen LogP contribution in [-0.4, -0.2) is 25.0 Å². The minimum absolute atomic E-state index is 0.0293. The highest BCUT2D eigenvalue weighted by Gasteiger charge is 2.10. The van der Waals surface area contributed by atoms with E-state index in [1.165, 1.54) is 5.54 Å². The Morgan fingerprint density at radius 1 is 1.43 bits per heavy atom. The molecule has 0 heterocycles. The molecule has 82 valence electrons. The molecule has 3 nitrogen and oxygen atoms in total. The van der Waals surface area contributed by atoms with E-state index in [0.717, 1.165) is 6.54 Å². The molecule has 4 heteroatoms. The van der Waals surface area contributed by atoms with Gasteiger partial charge in [-0.1, -0.05) is 31.5 Å². The lowest BCUT2D eigenvalue weighted by atomic mass is 10.2. The highest BCUT2D eigenvalue weighted by Crippen LogP contribution is 1.89. The Morgan fingerprint density at radius 2 is 2.07 bits per heavy atom. The molecule has 0 spiro atoms. The molecular weight excluding hydrogens is 200 g/mol. The summed E-state index contributed by atoms with van der Waals surface area (Å²) in [5.74, 6) is 0.510. The van der Waals surface area contributed by atoms with Gasteiger partial charge in [-0.15, -0.1) is 0 Å². The molecule has 0 bridgehead atoms. The van der Waals surface area contributed by atoms with Crippen LogP contribution in [-0.2, 0) is 4.79 Å². The second-order valence-corrected chi connectivity index (χ2v) is 3.88. The van der Waals surface area contributed by atoms with Crippen LogP contribution in [0, 0.1) is 5.92 Å². The van der Waals surface area contributed by atoms with Crippen LogP contribution in [0.15, 0.2) is 11.6 Å². The third-order valence-corrected chi connectivity index (χ3v) is 1.89. The molecule has 0 saturated heterocycles. The summed E-state index contributed by atoms with van der Waals surface area (Å²) < 4.78 is 0. The van der Waals surface area contributed by atoms with Crippen molar-refractivity contribution in [1.82, 2.24) is 10.6 Å². The van der Waals surface area contributed by atoms with Crippen LogP contribution < -0.4 is 10.6 Å². The Balaban J connectivity index is 3.65. The molecule has 0 saturated carbocycles. The first-order valence-electron chi connectivity index (χ1n) is 4.84. The Morgan fingerprint density at radius 3 is 2.57 bits per heavy atom. The summed E-state index contributed by atoms with van der Waals surface area (Å²) in [7, 11) is 0. The fourth-order valence-corrected chi connectivity index (χ4v) is 0.929. The third kappa shape index (κ3) is 6.92. The van der Waals surface area contributed by atoms with Gasteiger partial charge in [0.25, 0.3) is 0 Å². The molecule has 0 fully saturated rings. The minimum Gasteiger partial charge on any atom is -0.354 e. The quantitative estimate of drug-likeness (QED) is 0.710. The van der Waals surface area contributed by atoms with Gasteiger partial charge in [0.1, 0.15) is 0 Å². The lowest BCUT2D eigenvalue weighted by Gasteiger charge is -2.13. The van der Waals surface area contributed by atoms with E-state index in [4.69, 9.17) is 11.6 Å². The van der Waals surface area contributed by atoms with Gasteiger partial charge in [0, 0.05) is 18.6 Å². The summed E-state index contributed by atoms with van der Waals surface area (Å²) in [5.41, 5.74) is 1.44. The van der Waals surface area contributed by atoms with Gasteiger partial charge in [0.05, 0.1) is 6.04 Å². The van der Waals surface area contributed by atoms with Crippen molar-refractivity contribution in [2.75, 3.05) is 13.1 Å². The number of halogens is 1. The molecule has 0 aromatic rings. The molecule has 0 aromatic heterocycles. The number of rotatable bonds is 6. The molecule has 2 N–H and O–H groups in total. The van der Waals surface area contributed by atoms with Gasteiger partial charge >= 0.3 is 0 Å². The van der Waals surface area contributed by atoms with Crippen molar-refractivity contribution in [3.05, 3.63) is 11.6 Å². The number of amides is 1. The first-order valence-corrected chi connectivity index (χ1v) is 5.28. The van der Waals surface area contributed by atoms with Crippen molar-refractivity contribution in [2.45, 2.75) is 26.8 Å². The summed E-state index contributed by atoms with van der Waals surface area (Å²) in [5, 5.41) is 5.87. The van der Waals surface area contributed by atoms with E-state index in [-0.39, 0.29) is 11.9 Å². The van der Waals surface area contributed by atoms with Gasteiger partial charge in [0.15, 0.2) is 0 Å². The Hall–Kier alpha value is -0.540. The largest absolute Gasteiger partial charge is 0.354 e. The lowest BCUT2D eigenvalue weighted by Crippen LogP contribution is -2.43. The van der Waals surface area contributed by atoms with Gasteiger partial charge in [-0.2, -0.15) is 0 Å². The second-order valence-electron chi connectivity index (χ2n) is 3.63. The van der Waals surface area contributed by atoms with Crippen LogP contribution in [0.4, 0.5) is 0 Å². The minimum atomic E-state index is -0.179. The van der Waals surface area contributed by atoms with Crippen molar-refractivity contribution >= 4 is 17.5 Å². The molecule has 1 amide bonds. The van der Waals surface area contributed by atoms with Gasteiger partial charge < -0.3 is 10.6 Å². The van der Waals surface area contributed by atoms with Gasteiger partial charge in [0.2, 0.25) is 5.91 Å². The van der Waals surface area contributed by atoms with Crippen LogP contribution >= 0.6 is 11.6 Å². The van der Waals surface area contributed by atoms with Crippen LogP contribution in [0.5, 0.6) is 0 Å². The van der Waals surface area contributed by atoms with Gasteiger partial charge in [-0.25, -0.2) is 0 Å². The van der Waals surface area contributed by atoms with E-state index in [1.54, 1.807) is 6.08 Å². The first kappa shape index (κ1) is 13.5. The zero-order valence-electron chi connectivity index (χ0n) is 9.01.